The van der Waals surface area contributed by atoms with Crippen molar-refractivity contribution in [2.45, 2.75) is 27.7 Å². The molecule has 0 spiro atoms. The molecule has 0 amide bonds. The van der Waals surface area contributed by atoms with Crippen molar-refractivity contribution in [2.24, 2.45) is 7.05 Å². The van der Waals surface area contributed by atoms with Crippen molar-refractivity contribution >= 4 is 27.3 Å². The van der Waals surface area contributed by atoms with Gasteiger partial charge < -0.3 is 0 Å². The van der Waals surface area contributed by atoms with Gasteiger partial charge in [0, 0.05) is 16.3 Å². The minimum absolute atomic E-state index is 1.25. The van der Waals surface area contributed by atoms with Crippen LogP contribution in [0.2, 0.25) is 0 Å². The predicted molar refractivity (Wildman–Crippen MR) is 118 cm³/mol. The van der Waals surface area contributed by atoms with Crippen molar-refractivity contribution < 1.29 is 4.57 Å². The molecule has 0 saturated carbocycles. The van der Waals surface area contributed by atoms with E-state index in [1.807, 2.05) is 0 Å². The first kappa shape index (κ1) is 17.0. The Kier molecular flexibility index (Phi) is 3.60. The summed E-state index contributed by atoms with van der Waals surface area (Å²) in [5, 5.41) is 3.98. The molecule has 0 saturated heterocycles. The molecule has 2 aromatic heterocycles. The average molecular weight is 366 g/mol. The second-order valence-corrected chi connectivity index (χ2v) is 8.07. The Labute approximate surface area is 165 Å². The van der Waals surface area contributed by atoms with Gasteiger partial charge in [-0.1, -0.05) is 48.0 Å². The minimum Gasteiger partial charge on any atom is -0.232 e. The number of aryl methyl sites for hydroxylation is 5. The van der Waals surface area contributed by atoms with Gasteiger partial charge in [-0.3, -0.25) is 0 Å². The standard InChI is InChI=1S/C26H25N2/c1-16-12-13-22-21(14-16)20-11-7-10-19(4)25(20)26-27(5)15-23(28(22)26)24-17(2)8-6-9-18(24)3/h6-15H,1-5H3/q+1. The van der Waals surface area contributed by atoms with Crippen molar-refractivity contribution in [3.8, 4) is 11.3 Å². The summed E-state index contributed by atoms with van der Waals surface area (Å²) in [7, 11) is 2.17. The number of rotatable bonds is 1. The molecular weight excluding hydrogens is 340 g/mol. The number of benzene rings is 3. The molecule has 0 bridgehead atoms. The molecule has 2 heterocycles. The van der Waals surface area contributed by atoms with Crippen molar-refractivity contribution in [3.63, 3.8) is 0 Å². The summed E-state index contributed by atoms with van der Waals surface area (Å²) < 4.78 is 4.75. The maximum absolute atomic E-state index is 2.46. The fourth-order valence-corrected chi connectivity index (χ4v) is 4.75. The summed E-state index contributed by atoms with van der Waals surface area (Å²) in [6, 6.07) is 20.0. The molecule has 2 nitrogen and oxygen atoms in total. The molecule has 0 aliphatic heterocycles. The van der Waals surface area contributed by atoms with Crippen LogP contribution in [0.4, 0.5) is 0 Å². The zero-order chi connectivity index (χ0) is 19.6. The Morgan fingerprint density at radius 1 is 0.750 bits per heavy atom. The van der Waals surface area contributed by atoms with E-state index in [1.165, 1.54) is 60.8 Å². The molecule has 0 aliphatic carbocycles. The summed E-state index contributed by atoms with van der Waals surface area (Å²) in [6.45, 7) is 8.81. The van der Waals surface area contributed by atoms with Crippen LogP contribution in [-0.4, -0.2) is 4.40 Å². The van der Waals surface area contributed by atoms with Gasteiger partial charge in [0.2, 0.25) is 0 Å². The Bertz CT molecular complexity index is 1380. The van der Waals surface area contributed by atoms with E-state index in [1.54, 1.807) is 0 Å². The van der Waals surface area contributed by atoms with Crippen molar-refractivity contribution in [3.05, 3.63) is 83.0 Å². The third-order valence-electron chi connectivity index (χ3n) is 6.02. The first-order chi connectivity index (χ1) is 13.5. The number of hydrogen-bond donors (Lipinski definition) is 0. The van der Waals surface area contributed by atoms with Crippen LogP contribution in [0.1, 0.15) is 22.3 Å². The Morgan fingerprint density at radius 3 is 2.18 bits per heavy atom. The molecular formula is C26H25N2+. The smallest absolute Gasteiger partial charge is 0.232 e. The van der Waals surface area contributed by atoms with Crippen LogP contribution in [0, 0.1) is 27.7 Å². The Hall–Kier alpha value is -3.13. The number of imidazole rings is 1. The molecule has 3 aromatic carbocycles. The fraction of sp³-hybridized carbons (Fsp3) is 0.192. The van der Waals surface area contributed by atoms with E-state index in [9.17, 15) is 0 Å². The van der Waals surface area contributed by atoms with Crippen molar-refractivity contribution in [1.82, 2.24) is 4.40 Å². The van der Waals surface area contributed by atoms with Gasteiger partial charge in [0.1, 0.15) is 11.7 Å². The highest BCUT2D eigenvalue weighted by Crippen LogP contribution is 2.35. The topological polar surface area (TPSA) is 8.29 Å². The summed E-state index contributed by atoms with van der Waals surface area (Å²) in [5.74, 6) is 0. The number of fused-ring (bicyclic) bond motifs is 6. The molecule has 0 radical (unpaired) electrons. The van der Waals surface area contributed by atoms with Gasteiger partial charge in [-0.15, -0.1) is 0 Å². The van der Waals surface area contributed by atoms with E-state index in [4.69, 9.17) is 0 Å². The molecule has 0 aliphatic rings. The molecule has 138 valence electrons. The maximum Gasteiger partial charge on any atom is 0.295 e. The summed E-state index contributed by atoms with van der Waals surface area (Å²) in [5.41, 5.74) is 10.3. The third kappa shape index (κ3) is 2.24. The van der Waals surface area contributed by atoms with Crippen molar-refractivity contribution in [1.29, 1.82) is 0 Å². The monoisotopic (exact) mass is 365 g/mol. The third-order valence-corrected chi connectivity index (χ3v) is 6.02. The molecule has 28 heavy (non-hydrogen) atoms. The van der Waals surface area contributed by atoms with Crippen LogP contribution >= 0.6 is 0 Å². The van der Waals surface area contributed by atoms with Crippen LogP contribution in [0.5, 0.6) is 0 Å². The first-order valence-electron chi connectivity index (χ1n) is 9.86. The fourth-order valence-electron chi connectivity index (χ4n) is 4.75. The van der Waals surface area contributed by atoms with E-state index in [0.29, 0.717) is 0 Å². The average Bonchev–Trinajstić information content (AvgIpc) is 2.99. The highest BCUT2D eigenvalue weighted by Gasteiger charge is 2.25. The number of pyridine rings is 1. The van der Waals surface area contributed by atoms with Crippen LogP contribution in [0.25, 0.3) is 38.6 Å². The van der Waals surface area contributed by atoms with Crippen LogP contribution < -0.4 is 4.57 Å². The molecule has 0 unspecified atom stereocenters. The van der Waals surface area contributed by atoms with Crippen LogP contribution in [0.15, 0.2) is 60.8 Å². The molecule has 0 fully saturated rings. The molecule has 2 heteroatoms. The number of hydrogen-bond acceptors (Lipinski definition) is 0. The van der Waals surface area contributed by atoms with Gasteiger partial charge in [-0.2, -0.15) is 4.40 Å². The minimum atomic E-state index is 1.25. The highest BCUT2D eigenvalue weighted by atomic mass is 15.1. The zero-order valence-electron chi connectivity index (χ0n) is 17.2. The van der Waals surface area contributed by atoms with E-state index >= 15 is 0 Å². The first-order valence-corrected chi connectivity index (χ1v) is 9.86. The van der Waals surface area contributed by atoms with Gasteiger partial charge in [0.25, 0.3) is 5.65 Å². The summed E-state index contributed by atoms with van der Waals surface area (Å²) in [6.07, 6.45) is 2.29. The van der Waals surface area contributed by atoms with E-state index in [2.05, 4.69) is 105 Å². The lowest BCUT2D eigenvalue weighted by atomic mass is 9.99. The van der Waals surface area contributed by atoms with Crippen LogP contribution in [0.3, 0.4) is 0 Å². The number of aromatic nitrogens is 2. The Balaban J connectivity index is 2.12. The lowest BCUT2D eigenvalue weighted by Gasteiger charge is -2.10. The quantitative estimate of drug-likeness (QED) is 0.255. The highest BCUT2D eigenvalue weighted by molar-refractivity contribution is 6.13. The molecule has 5 aromatic rings. The molecule has 0 atom stereocenters. The van der Waals surface area contributed by atoms with Gasteiger partial charge in [0.05, 0.1) is 12.4 Å². The summed E-state index contributed by atoms with van der Waals surface area (Å²) >= 11 is 0. The molecule has 0 N–H and O–H groups in total. The van der Waals surface area contributed by atoms with Crippen LogP contribution in [-0.2, 0) is 7.05 Å². The van der Waals surface area contributed by atoms with Gasteiger partial charge >= 0.3 is 0 Å². The van der Waals surface area contributed by atoms with Gasteiger partial charge in [0.15, 0.2) is 5.69 Å². The van der Waals surface area contributed by atoms with Crippen molar-refractivity contribution in [2.75, 3.05) is 0 Å². The SMILES string of the molecule is Cc1ccc2c(c1)c1cccc(C)c1c1n2c(-c2c(C)cccc2C)c[n+]1C. The van der Waals surface area contributed by atoms with E-state index < -0.39 is 0 Å². The zero-order valence-corrected chi connectivity index (χ0v) is 17.2. The van der Waals surface area contributed by atoms with E-state index in [-0.39, 0.29) is 0 Å². The largest absolute Gasteiger partial charge is 0.295 e. The molecule has 5 rings (SSSR count). The second-order valence-electron chi connectivity index (χ2n) is 8.07. The number of nitrogens with zero attached hydrogens (tertiary/aromatic N) is 2. The lowest BCUT2D eigenvalue weighted by molar-refractivity contribution is -0.643. The maximum atomic E-state index is 2.46. The predicted octanol–water partition coefficient (Wildman–Crippen LogP) is 5.97. The Morgan fingerprint density at radius 2 is 1.43 bits per heavy atom. The summed E-state index contributed by atoms with van der Waals surface area (Å²) in [4.78, 5) is 0. The normalized spacial score (nSPS) is 11.8. The van der Waals surface area contributed by atoms with Gasteiger partial charge in [-0.05, 0) is 56.5 Å². The lowest BCUT2D eigenvalue weighted by Crippen LogP contribution is -2.26. The van der Waals surface area contributed by atoms with Gasteiger partial charge in [-0.25, -0.2) is 4.57 Å². The van der Waals surface area contributed by atoms with E-state index in [0.717, 1.165) is 0 Å². The second kappa shape index (κ2) is 5.93.